The van der Waals surface area contributed by atoms with Crippen LogP contribution in [0.3, 0.4) is 0 Å². The Hall–Kier alpha value is -1.07. The van der Waals surface area contributed by atoms with Crippen molar-refractivity contribution in [3.05, 3.63) is 21.3 Å². The lowest BCUT2D eigenvalue weighted by Gasteiger charge is -2.25. The second-order valence-electron chi connectivity index (χ2n) is 5.85. The highest BCUT2D eigenvalue weighted by Crippen LogP contribution is 2.29. The molecule has 2 N–H and O–H groups in total. The van der Waals surface area contributed by atoms with E-state index in [1.807, 2.05) is 12.1 Å². The highest BCUT2D eigenvalue weighted by atomic mass is 35.5. The van der Waals surface area contributed by atoms with Gasteiger partial charge in [-0.15, -0.1) is 11.3 Å². The van der Waals surface area contributed by atoms with Gasteiger partial charge in [-0.1, -0.05) is 18.0 Å². The van der Waals surface area contributed by atoms with Gasteiger partial charge in [0.1, 0.15) is 0 Å². The summed E-state index contributed by atoms with van der Waals surface area (Å²) in [6.07, 6.45) is 5.74. The summed E-state index contributed by atoms with van der Waals surface area (Å²) in [4.78, 5) is 24.4. The van der Waals surface area contributed by atoms with Crippen LogP contribution in [0, 0.1) is 11.8 Å². The monoisotopic (exact) mass is 343 g/mol. The molecule has 2 unspecified atom stereocenters. The van der Waals surface area contributed by atoms with Crippen LogP contribution in [-0.2, 0) is 16.0 Å². The van der Waals surface area contributed by atoms with E-state index in [9.17, 15) is 9.59 Å². The Morgan fingerprint density at radius 1 is 1.27 bits per heavy atom. The number of hydrogen-bond donors (Lipinski definition) is 2. The van der Waals surface area contributed by atoms with E-state index < -0.39 is 5.97 Å². The highest BCUT2D eigenvalue weighted by Gasteiger charge is 2.30. The minimum absolute atomic E-state index is 0.0186. The Kier molecular flexibility index (Phi) is 6.70. The molecule has 1 aliphatic carbocycles. The lowest BCUT2D eigenvalue weighted by atomic mass is 9.81. The number of carbonyl (C=O) groups excluding carboxylic acids is 1. The number of halogens is 1. The molecule has 22 heavy (non-hydrogen) atoms. The van der Waals surface area contributed by atoms with Crippen molar-refractivity contribution < 1.29 is 14.7 Å². The predicted molar refractivity (Wildman–Crippen MR) is 88.4 cm³/mol. The van der Waals surface area contributed by atoms with Crippen molar-refractivity contribution >= 4 is 34.8 Å². The molecule has 1 fully saturated rings. The Balaban J connectivity index is 1.62. The topological polar surface area (TPSA) is 66.4 Å². The maximum atomic E-state index is 12.1. The summed E-state index contributed by atoms with van der Waals surface area (Å²) in [7, 11) is 0. The number of thiophene rings is 1. The van der Waals surface area contributed by atoms with Crippen LogP contribution in [0.15, 0.2) is 12.1 Å². The minimum Gasteiger partial charge on any atom is -0.481 e. The number of unbranched alkanes of at least 4 members (excludes halogenated alkanes) is 1. The Morgan fingerprint density at radius 2 is 2.05 bits per heavy atom. The van der Waals surface area contributed by atoms with Gasteiger partial charge in [0, 0.05) is 17.3 Å². The Labute approximate surface area is 139 Å². The van der Waals surface area contributed by atoms with E-state index in [2.05, 4.69) is 5.32 Å². The zero-order valence-electron chi connectivity index (χ0n) is 12.5. The number of aryl methyl sites for hydroxylation is 1. The summed E-state index contributed by atoms with van der Waals surface area (Å²) >= 11 is 7.48. The molecule has 1 aromatic heterocycles. The lowest BCUT2D eigenvalue weighted by Crippen LogP contribution is -2.35. The molecule has 0 radical (unpaired) electrons. The highest BCUT2D eigenvalue weighted by molar-refractivity contribution is 7.16. The van der Waals surface area contributed by atoms with Crippen molar-refractivity contribution in [1.29, 1.82) is 0 Å². The van der Waals surface area contributed by atoms with Gasteiger partial charge in [0.15, 0.2) is 0 Å². The van der Waals surface area contributed by atoms with Crippen molar-refractivity contribution in [2.45, 2.75) is 44.9 Å². The molecule has 0 aliphatic heterocycles. The fourth-order valence-electron chi connectivity index (χ4n) is 2.92. The van der Waals surface area contributed by atoms with E-state index in [1.165, 1.54) is 4.88 Å². The van der Waals surface area contributed by atoms with Crippen LogP contribution >= 0.6 is 22.9 Å². The van der Waals surface area contributed by atoms with Crippen LogP contribution in [0.25, 0.3) is 0 Å². The van der Waals surface area contributed by atoms with E-state index in [0.29, 0.717) is 19.4 Å². The minimum atomic E-state index is -0.771. The first kappa shape index (κ1) is 17.3. The number of carboxylic acids is 1. The molecule has 2 atom stereocenters. The van der Waals surface area contributed by atoms with E-state index in [-0.39, 0.29) is 17.7 Å². The number of aliphatic carboxylic acids is 1. The summed E-state index contributed by atoms with van der Waals surface area (Å²) in [5.41, 5.74) is 0. The number of carboxylic acid groups (broad SMARTS) is 1. The van der Waals surface area contributed by atoms with Gasteiger partial charge in [-0.2, -0.15) is 0 Å². The quantitative estimate of drug-likeness (QED) is 0.741. The van der Waals surface area contributed by atoms with Gasteiger partial charge in [-0.25, -0.2) is 0 Å². The molecule has 0 spiro atoms. The average Bonchev–Trinajstić information content (AvgIpc) is 2.92. The van der Waals surface area contributed by atoms with Gasteiger partial charge in [-0.3, -0.25) is 9.59 Å². The van der Waals surface area contributed by atoms with Crippen LogP contribution < -0.4 is 5.32 Å². The maximum Gasteiger partial charge on any atom is 0.306 e. The maximum absolute atomic E-state index is 12.1. The fourth-order valence-corrected chi connectivity index (χ4v) is 4.05. The van der Waals surface area contributed by atoms with E-state index in [1.54, 1.807) is 11.3 Å². The zero-order chi connectivity index (χ0) is 15.9. The van der Waals surface area contributed by atoms with Gasteiger partial charge in [0.05, 0.1) is 10.3 Å². The first-order valence-corrected chi connectivity index (χ1v) is 9.00. The van der Waals surface area contributed by atoms with Crippen LogP contribution in [-0.4, -0.2) is 23.5 Å². The SMILES string of the molecule is O=C(O)C1CCCC(C(=O)NCCCCc2ccc(Cl)s2)C1. The first-order valence-electron chi connectivity index (χ1n) is 7.81. The molecule has 1 amide bonds. The van der Waals surface area contributed by atoms with Crippen molar-refractivity contribution in [1.82, 2.24) is 5.32 Å². The first-order chi connectivity index (χ1) is 10.6. The van der Waals surface area contributed by atoms with E-state index in [0.717, 1.165) is 36.4 Å². The van der Waals surface area contributed by atoms with E-state index in [4.69, 9.17) is 16.7 Å². The summed E-state index contributed by atoms with van der Waals surface area (Å²) in [6, 6.07) is 3.95. The molecule has 0 aromatic carbocycles. The smallest absolute Gasteiger partial charge is 0.306 e. The van der Waals surface area contributed by atoms with Gasteiger partial charge in [0.25, 0.3) is 0 Å². The van der Waals surface area contributed by atoms with Gasteiger partial charge < -0.3 is 10.4 Å². The Morgan fingerprint density at radius 3 is 2.73 bits per heavy atom. The van der Waals surface area contributed by atoms with E-state index >= 15 is 0 Å². The van der Waals surface area contributed by atoms with Gasteiger partial charge in [-0.05, 0) is 50.7 Å². The lowest BCUT2D eigenvalue weighted by molar-refractivity contribution is -0.144. The second kappa shape index (κ2) is 8.53. The summed E-state index contributed by atoms with van der Waals surface area (Å²) < 4.78 is 0.814. The summed E-state index contributed by atoms with van der Waals surface area (Å²) in [5, 5.41) is 12.0. The molecule has 1 saturated carbocycles. The number of amides is 1. The van der Waals surface area contributed by atoms with Crippen molar-refractivity contribution in [3.8, 4) is 0 Å². The third-order valence-electron chi connectivity index (χ3n) is 4.17. The molecule has 0 saturated heterocycles. The Bertz CT molecular complexity index is 517. The van der Waals surface area contributed by atoms with Gasteiger partial charge in [0.2, 0.25) is 5.91 Å². The molecule has 1 aliphatic rings. The molecule has 6 heteroatoms. The van der Waals surface area contributed by atoms with Crippen molar-refractivity contribution in [2.24, 2.45) is 11.8 Å². The molecule has 1 heterocycles. The van der Waals surface area contributed by atoms with Crippen LogP contribution in [0.4, 0.5) is 0 Å². The van der Waals surface area contributed by atoms with Crippen LogP contribution in [0.5, 0.6) is 0 Å². The normalized spacial score (nSPS) is 21.5. The molecule has 0 bridgehead atoms. The third kappa shape index (κ3) is 5.29. The molecule has 122 valence electrons. The molecule has 2 rings (SSSR count). The largest absolute Gasteiger partial charge is 0.481 e. The van der Waals surface area contributed by atoms with Gasteiger partial charge >= 0.3 is 5.97 Å². The van der Waals surface area contributed by atoms with Crippen LogP contribution in [0.2, 0.25) is 4.34 Å². The average molecular weight is 344 g/mol. The van der Waals surface area contributed by atoms with Crippen molar-refractivity contribution in [2.75, 3.05) is 6.54 Å². The molecule has 4 nitrogen and oxygen atoms in total. The van der Waals surface area contributed by atoms with Crippen LogP contribution in [0.1, 0.15) is 43.4 Å². The number of hydrogen-bond acceptors (Lipinski definition) is 3. The molecule has 1 aromatic rings. The number of carbonyl (C=O) groups is 2. The number of rotatable bonds is 7. The molecular weight excluding hydrogens is 322 g/mol. The third-order valence-corrected chi connectivity index (χ3v) is 5.46. The number of nitrogens with one attached hydrogen (secondary N) is 1. The zero-order valence-corrected chi connectivity index (χ0v) is 14.1. The molecular formula is C16H22ClNO3S. The second-order valence-corrected chi connectivity index (χ2v) is 7.65. The predicted octanol–water partition coefficient (Wildman–Crippen LogP) is 3.73. The standard InChI is InChI=1S/C16H22ClNO3S/c17-14-8-7-13(22-14)6-1-2-9-18-15(19)11-4-3-5-12(10-11)16(20)21/h7-8,11-12H,1-6,9-10H2,(H,18,19)(H,20,21). The summed E-state index contributed by atoms with van der Waals surface area (Å²) in [6.45, 7) is 0.659. The van der Waals surface area contributed by atoms with Crippen molar-refractivity contribution in [3.63, 3.8) is 0 Å². The summed E-state index contributed by atoms with van der Waals surface area (Å²) in [5.74, 6) is -1.24. The fraction of sp³-hybridized carbons (Fsp3) is 0.625.